The molecule has 2 heterocycles. The lowest BCUT2D eigenvalue weighted by Crippen LogP contribution is -1.80. The summed E-state index contributed by atoms with van der Waals surface area (Å²) < 4.78 is 2.67. The standard InChI is InChI=1S/C38H24S2/c1-3-7-35-31(5-1)23-37(39-35)33-17-15-27-19-25(11-13-29(27)21-33)9-10-26-12-14-30-22-34(18-16-28(30)20-26)38-24-32-6-2-4-8-36(32)40-38/h1-24H. The number of benzene rings is 6. The lowest BCUT2D eigenvalue weighted by atomic mass is 10.0. The fourth-order valence-corrected chi connectivity index (χ4v) is 7.60. The van der Waals surface area contributed by atoms with Crippen LogP contribution in [0, 0.1) is 0 Å². The summed E-state index contributed by atoms with van der Waals surface area (Å²) in [6, 6.07) is 48.9. The fourth-order valence-electron chi connectivity index (χ4n) is 5.48. The predicted molar refractivity (Wildman–Crippen MR) is 178 cm³/mol. The number of fused-ring (bicyclic) bond motifs is 4. The van der Waals surface area contributed by atoms with Crippen molar-refractivity contribution in [1.29, 1.82) is 0 Å². The third-order valence-corrected chi connectivity index (χ3v) is 9.95. The lowest BCUT2D eigenvalue weighted by molar-refractivity contribution is 1.69. The Morgan fingerprint density at radius 1 is 0.350 bits per heavy atom. The molecule has 0 aliphatic carbocycles. The molecule has 0 unspecified atom stereocenters. The second-order valence-electron chi connectivity index (χ2n) is 10.3. The molecule has 8 aromatic rings. The zero-order chi connectivity index (χ0) is 26.5. The van der Waals surface area contributed by atoms with Crippen molar-refractivity contribution in [2.75, 3.05) is 0 Å². The average molecular weight is 545 g/mol. The third-order valence-electron chi connectivity index (χ3n) is 7.62. The van der Waals surface area contributed by atoms with Gasteiger partial charge in [0, 0.05) is 19.2 Å². The Morgan fingerprint density at radius 2 is 0.775 bits per heavy atom. The molecule has 0 aliphatic heterocycles. The highest BCUT2D eigenvalue weighted by molar-refractivity contribution is 7.22. The highest BCUT2D eigenvalue weighted by atomic mass is 32.1. The van der Waals surface area contributed by atoms with Crippen LogP contribution in [0.3, 0.4) is 0 Å². The molecule has 2 heteroatoms. The van der Waals surface area contributed by atoms with Gasteiger partial charge in [0.2, 0.25) is 0 Å². The van der Waals surface area contributed by atoms with Crippen LogP contribution in [0.4, 0.5) is 0 Å². The molecule has 188 valence electrons. The van der Waals surface area contributed by atoms with E-state index in [1.807, 2.05) is 22.7 Å². The summed E-state index contributed by atoms with van der Waals surface area (Å²) in [6.07, 6.45) is 4.43. The van der Waals surface area contributed by atoms with Gasteiger partial charge in [-0.3, -0.25) is 0 Å². The van der Waals surface area contributed by atoms with Crippen molar-refractivity contribution >= 4 is 76.5 Å². The molecular weight excluding hydrogens is 521 g/mol. The second kappa shape index (κ2) is 9.60. The van der Waals surface area contributed by atoms with Gasteiger partial charge in [0.15, 0.2) is 0 Å². The molecular formula is C38H24S2. The minimum Gasteiger partial charge on any atom is -0.135 e. The van der Waals surface area contributed by atoms with Gasteiger partial charge in [-0.05, 0) is 103 Å². The number of thiophene rings is 2. The Labute approximate surface area is 241 Å². The summed E-state index contributed by atoms with van der Waals surface area (Å²) in [5, 5.41) is 7.69. The van der Waals surface area contributed by atoms with Crippen molar-refractivity contribution in [2.45, 2.75) is 0 Å². The summed E-state index contributed by atoms with van der Waals surface area (Å²) in [7, 11) is 0. The van der Waals surface area contributed by atoms with Gasteiger partial charge in [-0.2, -0.15) is 0 Å². The van der Waals surface area contributed by atoms with Crippen molar-refractivity contribution in [1.82, 2.24) is 0 Å². The van der Waals surface area contributed by atoms with Crippen LogP contribution < -0.4 is 0 Å². The highest BCUT2D eigenvalue weighted by Crippen LogP contribution is 2.36. The summed E-state index contributed by atoms with van der Waals surface area (Å²) in [6.45, 7) is 0. The van der Waals surface area contributed by atoms with Crippen molar-refractivity contribution in [2.24, 2.45) is 0 Å². The number of hydrogen-bond acceptors (Lipinski definition) is 2. The summed E-state index contributed by atoms with van der Waals surface area (Å²) in [5.74, 6) is 0. The molecule has 0 N–H and O–H groups in total. The molecule has 0 saturated carbocycles. The molecule has 2 aromatic heterocycles. The monoisotopic (exact) mass is 544 g/mol. The van der Waals surface area contributed by atoms with Crippen LogP contribution in [0.15, 0.2) is 133 Å². The molecule has 0 spiro atoms. The molecule has 0 fully saturated rings. The minimum atomic E-state index is 1.21. The first kappa shape index (κ1) is 23.4. The summed E-state index contributed by atoms with van der Waals surface area (Å²) in [5.41, 5.74) is 4.98. The van der Waals surface area contributed by atoms with Crippen LogP contribution in [0.25, 0.3) is 74.8 Å². The normalized spacial score (nSPS) is 11.9. The molecule has 0 aliphatic rings. The minimum absolute atomic E-state index is 1.21. The van der Waals surface area contributed by atoms with E-state index in [0.717, 1.165) is 0 Å². The molecule has 40 heavy (non-hydrogen) atoms. The van der Waals surface area contributed by atoms with Gasteiger partial charge in [-0.25, -0.2) is 0 Å². The third kappa shape index (κ3) is 4.32. The van der Waals surface area contributed by atoms with Crippen molar-refractivity contribution in [3.63, 3.8) is 0 Å². The van der Waals surface area contributed by atoms with Gasteiger partial charge in [-0.1, -0.05) is 97.1 Å². The Kier molecular flexibility index (Phi) is 5.62. The smallest absolute Gasteiger partial charge is 0.0355 e. The van der Waals surface area contributed by atoms with Crippen molar-refractivity contribution in [3.8, 4) is 20.9 Å². The largest absolute Gasteiger partial charge is 0.135 e. The Hall–Kier alpha value is -4.50. The topological polar surface area (TPSA) is 0 Å². The van der Waals surface area contributed by atoms with Gasteiger partial charge in [-0.15, -0.1) is 22.7 Å². The van der Waals surface area contributed by atoms with E-state index in [2.05, 4.69) is 146 Å². The first-order valence-corrected chi connectivity index (χ1v) is 15.1. The lowest BCUT2D eigenvalue weighted by Gasteiger charge is -2.05. The Morgan fingerprint density at radius 3 is 1.25 bits per heavy atom. The van der Waals surface area contributed by atoms with Crippen molar-refractivity contribution in [3.05, 3.63) is 145 Å². The van der Waals surface area contributed by atoms with E-state index >= 15 is 0 Å². The first-order chi connectivity index (χ1) is 19.7. The van der Waals surface area contributed by atoms with E-state index in [1.165, 1.54) is 73.7 Å². The van der Waals surface area contributed by atoms with Gasteiger partial charge < -0.3 is 0 Å². The van der Waals surface area contributed by atoms with Crippen molar-refractivity contribution < 1.29 is 0 Å². The Bertz CT molecular complexity index is 2000. The van der Waals surface area contributed by atoms with E-state index in [-0.39, 0.29) is 0 Å². The second-order valence-corrected chi connectivity index (χ2v) is 12.4. The van der Waals surface area contributed by atoms with E-state index in [1.54, 1.807) is 0 Å². The average Bonchev–Trinajstić information content (AvgIpc) is 3.64. The van der Waals surface area contributed by atoms with Crippen LogP contribution in [0.5, 0.6) is 0 Å². The van der Waals surface area contributed by atoms with Crippen LogP contribution in [0.1, 0.15) is 11.1 Å². The van der Waals surface area contributed by atoms with Crippen LogP contribution in [-0.2, 0) is 0 Å². The predicted octanol–water partition coefficient (Wildman–Crippen LogP) is 11.9. The number of rotatable bonds is 4. The maximum Gasteiger partial charge on any atom is 0.0355 e. The van der Waals surface area contributed by atoms with E-state index < -0.39 is 0 Å². The molecule has 0 nitrogen and oxygen atoms in total. The molecule has 0 radical (unpaired) electrons. The molecule has 0 bridgehead atoms. The highest BCUT2D eigenvalue weighted by Gasteiger charge is 2.07. The van der Waals surface area contributed by atoms with Crippen LogP contribution in [-0.4, -0.2) is 0 Å². The van der Waals surface area contributed by atoms with Gasteiger partial charge >= 0.3 is 0 Å². The van der Waals surface area contributed by atoms with E-state index in [4.69, 9.17) is 0 Å². The van der Waals surface area contributed by atoms with Gasteiger partial charge in [0.1, 0.15) is 0 Å². The molecule has 0 saturated heterocycles. The Balaban J connectivity index is 1.05. The van der Waals surface area contributed by atoms with Gasteiger partial charge in [0.25, 0.3) is 0 Å². The maximum absolute atomic E-state index is 2.31. The van der Waals surface area contributed by atoms with Gasteiger partial charge in [0.05, 0.1) is 0 Å². The van der Waals surface area contributed by atoms with Crippen LogP contribution >= 0.6 is 22.7 Å². The zero-order valence-electron chi connectivity index (χ0n) is 21.7. The SMILES string of the molecule is C(=Cc1ccc2cc(-c3cc4ccccc4s3)ccc2c1)c1ccc2cc(-c3cc4ccccc4s3)ccc2c1. The number of hydrogen-bond donors (Lipinski definition) is 0. The summed E-state index contributed by atoms with van der Waals surface area (Å²) >= 11 is 3.72. The fraction of sp³-hybridized carbons (Fsp3) is 0. The van der Waals surface area contributed by atoms with Crippen LogP contribution in [0.2, 0.25) is 0 Å². The molecule has 8 rings (SSSR count). The molecule has 6 aromatic carbocycles. The molecule has 0 amide bonds. The van der Waals surface area contributed by atoms with E-state index in [9.17, 15) is 0 Å². The maximum atomic E-state index is 2.31. The summed E-state index contributed by atoms with van der Waals surface area (Å²) in [4.78, 5) is 2.64. The van der Waals surface area contributed by atoms with E-state index in [0.29, 0.717) is 0 Å². The quantitative estimate of drug-likeness (QED) is 0.193. The first-order valence-electron chi connectivity index (χ1n) is 13.5. The molecule has 0 atom stereocenters. The zero-order valence-corrected chi connectivity index (χ0v) is 23.3.